The molecule has 0 radical (unpaired) electrons. The van der Waals surface area contributed by atoms with Gasteiger partial charge in [-0.25, -0.2) is 9.97 Å². The van der Waals surface area contributed by atoms with Crippen molar-refractivity contribution in [1.82, 2.24) is 20.2 Å². The zero-order chi connectivity index (χ0) is 14.4. The highest BCUT2D eigenvalue weighted by Gasteiger charge is 2.35. The fourth-order valence-electron chi connectivity index (χ4n) is 2.94. The minimum absolute atomic E-state index is 0.0973. The average Bonchev–Trinajstić information content (AvgIpc) is 3.15. The van der Waals surface area contributed by atoms with E-state index >= 15 is 0 Å². The Bertz CT molecular complexity index is 696. The molecular weight excluding hydrogens is 286 g/mol. The third-order valence-corrected chi connectivity index (χ3v) is 5.29. The van der Waals surface area contributed by atoms with Crippen LogP contribution in [0.5, 0.6) is 0 Å². The summed E-state index contributed by atoms with van der Waals surface area (Å²) in [5, 5.41) is 3.10. The minimum atomic E-state index is -0.0973. The van der Waals surface area contributed by atoms with Crippen molar-refractivity contribution in [2.75, 3.05) is 18.8 Å². The summed E-state index contributed by atoms with van der Waals surface area (Å²) in [6.45, 7) is 2.04. The Kier molecular flexibility index (Phi) is 3.04. The van der Waals surface area contributed by atoms with Crippen molar-refractivity contribution in [1.29, 1.82) is 0 Å². The van der Waals surface area contributed by atoms with Crippen LogP contribution in [0.2, 0.25) is 0 Å². The first kappa shape index (κ1) is 13.0. The molecule has 21 heavy (non-hydrogen) atoms. The topological polar surface area (TPSA) is 84.1 Å². The van der Waals surface area contributed by atoms with E-state index in [1.807, 2.05) is 0 Å². The van der Waals surface area contributed by atoms with Gasteiger partial charge >= 0.3 is 0 Å². The van der Waals surface area contributed by atoms with E-state index in [1.54, 1.807) is 12.4 Å². The van der Waals surface area contributed by atoms with Gasteiger partial charge in [-0.05, 0) is 19.3 Å². The molecule has 2 aliphatic rings. The molecule has 2 aromatic heterocycles. The number of thiophene rings is 1. The number of fused-ring (bicyclic) bond motifs is 1. The molecule has 3 N–H and O–H groups in total. The van der Waals surface area contributed by atoms with Gasteiger partial charge in [0, 0.05) is 37.6 Å². The van der Waals surface area contributed by atoms with E-state index < -0.39 is 0 Å². The highest BCUT2D eigenvalue weighted by atomic mass is 32.1. The van der Waals surface area contributed by atoms with Crippen LogP contribution in [0.3, 0.4) is 0 Å². The Labute approximate surface area is 126 Å². The molecule has 1 aliphatic carbocycles. The highest BCUT2D eigenvalue weighted by Crippen LogP contribution is 2.32. The fraction of sp³-hybridized carbons (Fsp3) is 0.500. The number of nitrogen functional groups attached to an aromatic ring is 1. The molecule has 2 fully saturated rings. The maximum absolute atomic E-state index is 12.4. The Morgan fingerprint density at radius 3 is 2.90 bits per heavy atom. The summed E-state index contributed by atoms with van der Waals surface area (Å²) >= 11 is 1.31. The molecule has 1 saturated heterocycles. The van der Waals surface area contributed by atoms with E-state index in [-0.39, 0.29) is 11.9 Å². The number of nitrogens with one attached hydrogen (secondary N) is 1. The fourth-order valence-corrected chi connectivity index (χ4v) is 3.86. The Hall–Kier alpha value is -1.73. The third-order valence-electron chi connectivity index (χ3n) is 4.19. The molecule has 1 atom stereocenters. The number of hydrogen-bond acceptors (Lipinski definition) is 6. The second kappa shape index (κ2) is 4.92. The number of likely N-dealkylation sites (tertiary alicyclic amines) is 1. The smallest absolute Gasteiger partial charge is 0.263 e. The van der Waals surface area contributed by atoms with Crippen LogP contribution in [0.1, 0.15) is 28.9 Å². The number of carbonyl (C=O) groups excluding carboxylic acids is 1. The maximum Gasteiger partial charge on any atom is 0.263 e. The SMILES string of the molecule is Nc1c(C(=O)NC2CCN(C3CC3)C2)sc2nccnc12. The number of nitrogens with zero attached hydrogens (tertiary/aromatic N) is 3. The van der Waals surface area contributed by atoms with Crippen molar-refractivity contribution in [2.45, 2.75) is 31.3 Å². The first-order valence-electron chi connectivity index (χ1n) is 7.26. The molecule has 1 unspecified atom stereocenters. The molecule has 3 heterocycles. The van der Waals surface area contributed by atoms with Crippen LogP contribution < -0.4 is 11.1 Å². The predicted octanol–water partition coefficient (Wildman–Crippen LogP) is 1.24. The van der Waals surface area contributed by atoms with Gasteiger partial charge in [0.1, 0.15) is 15.2 Å². The van der Waals surface area contributed by atoms with E-state index in [2.05, 4.69) is 20.2 Å². The van der Waals surface area contributed by atoms with E-state index in [0.717, 1.165) is 25.6 Å². The van der Waals surface area contributed by atoms with E-state index in [1.165, 1.54) is 24.2 Å². The van der Waals surface area contributed by atoms with Gasteiger partial charge in [0.15, 0.2) is 0 Å². The summed E-state index contributed by atoms with van der Waals surface area (Å²) in [6, 6.07) is 0.985. The van der Waals surface area contributed by atoms with Crippen LogP contribution >= 0.6 is 11.3 Å². The van der Waals surface area contributed by atoms with Crippen LogP contribution in [0.4, 0.5) is 5.69 Å². The van der Waals surface area contributed by atoms with Crippen molar-refractivity contribution >= 4 is 33.3 Å². The monoisotopic (exact) mass is 303 g/mol. The summed E-state index contributed by atoms with van der Waals surface area (Å²) < 4.78 is 0. The van der Waals surface area contributed by atoms with Crippen LogP contribution in [0.25, 0.3) is 10.3 Å². The number of hydrogen-bond donors (Lipinski definition) is 2. The molecule has 1 amide bonds. The zero-order valence-electron chi connectivity index (χ0n) is 11.6. The highest BCUT2D eigenvalue weighted by molar-refractivity contribution is 7.21. The van der Waals surface area contributed by atoms with Crippen LogP contribution in [0.15, 0.2) is 12.4 Å². The van der Waals surface area contributed by atoms with E-state index in [4.69, 9.17) is 5.73 Å². The lowest BCUT2D eigenvalue weighted by Crippen LogP contribution is -2.37. The van der Waals surface area contributed by atoms with Gasteiger partial charge in [0.2, 0.25) is 0 Å². The molecular formula is C14H17N5OS. The summed E-state index contributed by atoms with van der Waals surface area (Å²) in [4.78, 5) is 24.5. The van der Waals surface area contributed by atoms with Gasteiger partial charge in [-0.3, -0.25) is 9.69 Å². The average molecular weight is 303 g/mol. The van der Waals surface area contributed by atoms with Crippen LogP contribution in [-0.2, 0) is 0 Å². The van der Waals surface area contributed by atoms with Crippen molar-refractivity contribution in [3.8, 4) is 0 Å². The van der Waals surface area contributed by atoms with Crippen molar-refractivity contribution in [3.05, 3.63) is 17.3 Å². The first-order valence-corrected chi connectivity index (χ1v) is 8.08. The van der Waals surface area contributed by atoms with Crippen molar-refractivity contribution in [2.24, 2.45) is 0 Å². The van der Waals surface area contributed by atoms with Gasteiger partial charge in [-0.15, -0.1) is 11.3 Å². The number of rotatable bonds is 3. The minimum Gasteiger partial charge on any atom is -0.396 e. The number of amides is 1. The van der Waals surface area contributed by atoms with Crippen LogP contribution in [-0.4, -0.2) is 45.9 Å². The van der Waals surface area contributed by atoms with E-state index in [0.29, 0.717) is 20.9 Å². The second-order valence-corrected chi connectivity index (χ2v) is 6.74. The summed E-state index contributed by atoms with van der Waals surface area (Å²) in [6.07, 6.45) is 6.84. The van der Waals surface area contributed by atoms with Gasteiger partial charge in [0.25, 0.3) is 5.91 Å². The standard InChI is InChI=1S/C14H17N5OS/c15-10-11-14(17-5-4-16-11)21-12(10)13(20)18-8-3-6-19(7-8)9-1-2-9/h4-5,8-9H,1-3,6-7,15H2,(H,18,20). The quantitative estimate of drug-likeness (QED) is 0.891. The second-order valence-electron chi connectivity index (χ2n) is 5.74. The van der Waals surface area contributed by atoms with Crippen molar-refractivity contribution in [3.63, 3.8) is 0 Å². The lowest BCUT2D eigenvalue weighted by atomic mass is 10.2. The van der Waals surface area contributed by atoms with Gasteiger partial charge in [0.05, 0.1) is 5.69 Å². The molecule has 1 aliphatic heterocycles. The van der Waals surface area contributed by atoms with E-state index in [9.17, 15) is 4.79 Å². The maximum atomic E-state index is 12.4. The zero-order valence-corrected chi connectivity index (χ0v) is 12.4. The predicted molar refractivity (Wildman–Crippen MR) is 82.3 cm³/mol. The first-order chi connectivity index (χ1) is 10.2. The lowest BCUT2D eigenvalue weighted by molar-refractivity contribution is 0.0942. The lowest BCUT2D eigenvalue weighted by Gasteiger charge is -2.15. The summed E-state index contributed by atoms with van der Waals surface area (Å²) in [7, 11) is 0. The molecule has 0 bridgehead atoms. The normalized spacial score (nSPS) is 22.8. The Balaban J connectivity index is 1.50. The number of nitrogens with two attached hydrogens (primary N) is 1. The summed E-state index contributed by atoms with van der Waals surface area (Å²) in [5.41, 5.74) is 7.10. The largest absolute Gasteiger partial charge is 0.396 e. The Morgan fingerprint density at radius 1 is 1.33 bits per heavy atom. The molecule has 0 aromatic carbocycles. The number of carbonyl (C=O) groups is 1. The van der Waals surface area contributed by atoms with Crippen LogP contribution in [0, 0.1) is 0 Å². The molecule has 1 saturated carbocycles. The van der Waals surface area contributed by atoms with Gasteiger partial charge in [-0.1, -0.05) is 0 Å². The van der Waals surface area contributed by atoms with Gasteiger partial charge in [-0.2, -0.15) is 0 Å². The summed E-state index contributed by atoms with van der Waals surface area (Å²) in [5.74, 6) is -0.0973. The molecule has 6 nitrogen and oxygen atoms in total. The Morgan fingerprint density at radius 2 is 2.14 bits per heavy atom. The number of aromatic nitrogens is 2. The molecule has 4 rings (SSSR count). The number of anilines is 1. The molecule has 2 aromatic rings. The molecule has 7 heteroatoms. The van der Waals surface area contributed by atoms with Crippen molar-refractivity contribution < 1.29 is 4.79 Å². The molecule has 110 valence electrons. The molecule has 0 spiro atoms. The third kappa shape index (κ3) is 2.36. The van der Waals surface area contributed by atoms with Gasteiger partial charge < -0.3 is 11.1 Å².